The Morgan fingerprint density at radius 2 is 1.77 bits per heavy atom. The lowest BCUT2D eigenvalue weighted by molar-refractivity contribution is -0.133. The highest BCUT2D eigenvalue weighted by Gasteiger charge is 2.50. The van der Waals surface area contributed by atoms with Crippen LogP contribution in [0.4, 0.5) is 5.69 Å². The summed E-state index contributed by atoms with van der Waals surface area (Å²) in [6.07, 6.45) is 8.46. The summed E-state index contributed by atoms with van der Waals surface area (Å²) in [5, 5.41) is 3.61. The van der Waals surface area contributed by atoms with Crippen LogP contribution in [0.3, 0.4) is 0 Å². The number of hydrogen-bond donors (Lipinski definition) is 1. The third-order valence-corrected chi connectivity index (χ3v) is 7.95. The molecule has 1 aromatic carbocycles. The number of benzene rings is 1. The topological polar surface area (TPSA) is 86.8 Å². The van der Waals surface area contributed by atoms with Crippen molar-refractivity contribution in [2.45, 2.75) is 70.4 Å². The molecule has 0 unspecified atom stereocenters. The standard InChI is InChI=1S/C22H32ClN3O4S/c1-16-11-12-18(13-19(16)23)26-20(27)14-25(31(3,29)30)15-22(26,2)21(28)24-17-9-7-5-4-6-8-10-17/h11-13,17H,4-10,14-15H2,1-3H3,(H,24,28)/t22-/m0/s1. The van der Waals surface area contributed by atoms with Gasteiger partial charge in [-0.2, -0.15) is 4.31 Å². The maximum atomic E-state index is 13.6. The van der Waals surface area contributed by atoms with E-state index in [0.29, 0.717) is 10.7 Å². The number of sulfonamides is 1. The SMILES string of the molecule is Cc1ccc(N2C(=O)CN(S(C)(=O)=O)C[C@@]2(C)C(=O)NC2CCCCCCC2)cc1Cl. The van der Waals surface area contributed by atoms with Crippen molar-refractivity contribution >= 4 is 39.1 Å². The predicted molar refractivity (Wildman–Crippen MR) is 123 cm³/mol. The van der Waals surface area contributed by atoms with Crippen LogP contribution in [0.5, 0.6) is 0 Å². The fourth-order valence-corrected chi connectivity index (χ4v) is 5.47. The lowest BCUT2D eigenvalue weighted by Gasteiger charge is -2.47. The Balaban J connectivity index is 1.96. The van der Waals surface area contributed by atoms with E-state index in [9.17, 15) is 18.0 Å². The van der Waals surface area contributed by atoms with Gasteiger partial charge in [0.1, 0.15) is 5.54 Å². The van der Waals surface area contributed by atoms with Crippen LogP contribution in [0.1, 0.15) is 57.4 Å². The van der Waals surface area contributed by atoms with Crippen molar-refractivity contribution in [3.05, 3.63) is 28.8 Å². The molecule has 0 aromatic heterocycles. The lowest BCUT2D eigenvalue weighted by atomic mass is 9.92. The average Bonchev–Trinajstić information content (AvgIpc) is 2.65. The highest BCUT2D eigenvalue weighted by Crippen LogP contribution is 2.33. The second-order valence-corrected chi connectivity index (χ2v) is 11.4. The van der Waals surface area contributed by atoms with Gasteiger partial charge in [0.2, 0.25) is 21.8 Å². The Kier molecular flexibility index (Phi) is 7.33. The molecule has 1 aliphatic carbocycles. The minimum absolute atomic E-state index is 0.0248. The average molecular weight is 470 g/mol. The molecule has 0 bridgehead atoms. The number of amides is 2. The van der Waals surface area contributed by atoms with E-state index in [-0.39, 0.29) is 25.0 Å². The zero-order chi connectivity index (χ0) is 22.8. The monoisotopic (exact) mass is 469 g/mol. The van der Waals surface area contributed by atoms with E-state index in [4.69, 9.17) is 11.6 Å². The Morgan fingerprint density at radius 1 is 1.16 bits per heavy atom. The lowest BCUT2D eigenvalue weighted by Crippen LogP contribution is -2.70. The van der Waals surface area contributed by atoms with Crippen LogP contribution in [0.15, 0.2) is 18.2 Å². The molecule has 1 aliphatic heterocycles. The number of aryl methyl sites for hydroxylation is 1. The predicted octanol–water partition coefficient (Wildman–Crippen LogP) is 3.24. The fourth-order valence-electron chi connectivity index (χ4n) is 4.47. The van der Waals surface area contributed by atoms with Crippen LogP contribution in [0.25, 0.3) is 0 Å². The molecule has 0 spiro atoms. The van der Waals surface area contributed by atoms with E-state index in [1.807, 2.05) is 6.92 Å². The normalized spacial score (nSPS) is 24.5. The number of nitrogens with zero attached hydrogens (tertiary/aromatic N) is 2. The first-order chi connectivity index (χ1) is 14.5. The number of rotatable bonds is 4. The van der Waals surface area contributed by atoms with Crippen LogP contribution < -0.4 is 10.2 Å². The van der Waals surface area contributed by atoms with Gasteiger partial charge in [0.15, 0.2) is 0 Å². The molecule has 31 heavy (non-hydrogen) atoms. The van der Waals surface area contributed by atoms with E-state index in [0.717, 1.165) is 54.6 Å². The Labute approximate surface area is 190 Å². The molecular formula is C22H32ClN3O4S. The molecule has 172 valence electrons. The molecule has 2 fully saturated rings. The van der Waals surface area contributed by atoms with E-state index >= 15 is 0 Å². The second-order valence-electron chi connectivity index (χ2n) is 8.98. The highest BCUT2D eigenvalue weighted by molar-refractivity contribution is 7.88. The molecule has 1 heterocycles. The van der Waals surface area contributed by atoms with Crippen molar-refractivity contribution < 1.29 is 18.0 Å². The summed E-state index contributed by atoms with van der Waals surface area (Å²) >= 11 is 6.30. The number of piperazine rings is 1. The zero-order valence-electron chi connectivity index (χ0n) is 18.5. The van der Waals surface area contributed by atoms with E-state index in [1.165, 1.54) is 11.3 Å². The van der Waals surface area contributed by atoms with Crippen molar-refractivity contribution in [3.8, 4) is 0 Å². The maximum absolute atomic E-state index is 13.6. The van der Waals surface area contributed by atoms with Gasteiger partial charge in [-0.05, 0) is 44.4 Å². The molecule has 1 N–H and O–H groups in total. The molecule has 1 saturated carbocycles. The number of halogens is 1. The highest BCUT2D eigenvalue weighted by atomic mass is 35.5. The molecule has 1 aromatic rings. The van der Waals surface area contributed by atoms with Crippen LogP contribution in [-0.4, -0.2) is 55.5 Å². The summed E-state index contributed by atoms with van der Waals surface area (Å²) in [4.78, 5) is 28.2. The molecule has 9 heteroatoms. The molecule has 1 saturated heterocycles. The third kappa shape index (κ3) is 5.41. The number of nitrogens with one attached hydrogen (secondary N) is 1. The van der Waals surface area contributed by atoms with Crippen LogP contribution >= 0.6 is 11.6 Å². The maximum Gasteiger partial charge on any atom is 0.247 e. The Morgan fingerprint density at radius 3 is 2.35 bits per heavy atom. The van der Waals surface area contributed by atoms with E-state index < -0.39 is 21.5 Å². The number of hydrogen-bond acceptors (Lipinski definition) is 4. The Hall–Kier alpha value is -1.64. The number of carbonyl (C=O) groups excluding carboxylic acids is 2. The smallest absolute Gasteiger partial charge is 0.247 e. The van der Waals surface area contributed by atoms with Gasteiger partial charge in [0, 0.05) is 23.3 Å². The van der Waals surface area contributed by atoms with Crippen LogP contribution in [0, 0.1) is 6.92 Å². The van der Waals surface area contributed by atoms with Gasteiger partial charge in [-0.25, -0.2) is 8.42 Å². The summed E-state index contributed by atoms with van der Waals surface area (Å²) in [5.74, 6) is -0.789. The first kappa shape index (κ1) is 24.0. The van der Waals surface area contributed by atoms with Gasteiger partial charge in [0.25, 0.3) is 0 Å². The minimum atomic E-state index is -3.65. The first-order valence-electron chi connectivity index (χ1n) is 10.9. The van der Waals surface area contributed by atoms with Crippen molar-refractivity contribution in [2.24, 2.45) is 0 Å². The third-order valence-electron chi connectivity index (χ3n) is 6.35. The van der Waals surface area contributed by atoms with Crippen molar-refractivity contribution in [3.63, 3.8) is 0 Å². The molecule has 3 rings (SSSR count). The summed E-state index contributed by atoms with van der Waals surface area (Å²) in [5.41, 5.74) is -0.0447. The van der Waals surface area contributed by atoms with Crippen LogP contribution in [-0.2, 0) is 19.6 Å². The molecular weight excluding hydrogens is 438 g/mol. The van der Waals surface area contributed by atoms with Crippen LogP contribution in [0.2, 0.25) is 5.02 Å². The minimum Gasteiger partial charge on any atom is -0.351 e. The van der Waals surface area contributed by atoms with Crippen molar-refractivity contribution in [1.29, 1.82) is 0 Å². The second kappa shape index (κ2) is 9.46. The summed E-state index contributed by atoms with van der Waals surface area (Å²) in [6.45, 7) is 3.07. The van der Waals surface area contributed by atoms with Crippen molar-refractivity contribution in [1.82, 2.24) is 9.62 Å². The van der Waals surface area contributed by atoms with Gasteiger partial charge in [0.05, 0.1) is 12.8 Å². The summed E-state index contributed by atoms with van der Waals surface area (Å²) in [6, 6.07) is 5.22. The van der Waals surface area contributed by atoms with Gasteiger partial charge < -0.3 is 5.32 Å². The Bertz CT molecular complexity index is 944. The quantitative estimate of drug-likeness (QED) is 0.733. The largest absolute Gasteiger partial charge is 0.351 e. The summed E-state index contributed by atoms with van der Waals surface area (Å²) in [7, 11) is -3.65. The summed E-state index contributed by atoms with van der Waals surface area (Å²) < 4.78 is 25.6. The number of carbonyl (C=O) groups is 2. The van der Waals surface area contributed by atoms with Gasteiger partial charge in [-0.15, -0.1) is 0 Å². The number of anilines is 1. The molecule has 0 radical (unpaired) electrons. The van der Waals surface area contributed by atoms with Gasteiger partial charge >= 0.3 is 0 Å². The molecule has 2 aliphatic rings. The van der Waals surface area contributed by atoms with E-state index in [1.54, 1.807) is 25.1 Å². The molecule has 1 atom stereocenters. The first-order valence-corrected chi connectivity index (χ1v) is 13.1. The van der Waals surface area contributed by atoms with Crippen molar-refractivity contribution in [2.75, 3.05) is 24.2 Å². The van der Waals surface area contributed by atoms with Gasteiger partial charge in [-0.1, -0.05) is 49.8 Å². The molecule has 2 amide bonds. The fraction of sp³-hybridized carbons (Fsp3) is 0.636. The van der Waals surface area contributed by atoms with Gasteiger partial charge in [-0.3, -0.25) is 14.5 Å². The van der Waals surface area contributed by atoms with E-state index in [2.05, 4.69) is 5.32 Å². The molecule has 7 nitrogen and oxygen atoms in total. The zero-order valence-corrected chi connectivity index (χ0v) is 20.1.